The van der Waals surface area contributed by atoms with Crippen LogP contribution in [0.2, 0.25) is 0 Å². The van der Waals surface area contributed by atoms with Crippen molar-refractivity contribution < 1.29 is 19.4 Å². The zero-order valence-corrected chi connectivity index (χ0v) is 9.10. The molecule has 1 aromatic carbocycles. The maximum Gasteiger partial charge on any atom is 0.317 e. The molecule has 88 valence electrons. The minimum atomic E-state index is -0.878. The molecule has 0 saturated carbocycles. The summed E-state index contributed by atoms with van der Waals surface area (Å²) in [6.07, 6.45) is 0. The van der Waals surface area contributed by atoms with E-state index in [2.05, 4.69) is 5.32 Å². The minimum Gasteiger partial charge on any atom is -0.493 e. The van der Waals surface area contributed by atoms with E-state index in [9.17, 15) is 4.79 Å². The fourth-order valence-corrected chi connectivity index (χ4v) is 1.17. The molecule has 1 rings (SSSR count). The molecule has 0 unspecified atom stereocenters. The molecule has 2 N–H and O–H groups in total. The number of carbonyl (C=O) groups is 1. The van der Waals surface area contributed by atoms with Crippen LogP contribution in [0.4, 0.5) is 0 Å². The average molecular weight is 225 g/mol. The molecular formula is C11H15NO4. The van der Waals surface area contributed by atoms with Gasteiger partial charge in [0.25, 0.3) is 0 Å². The van der Waals surface area contributed by atoms with E-state index >= 15 is 0 Å². The third kappa shape index (κ3) is 4.18. The fourth-order valence-electron chi connectivity index (χ4n) is 1.17. The highest BCUT2D eigenvalue weighted by Gasteiger charge is 2.01. The second-order valence-corrected chi connectivity index (χ2v) is 3.07. The number of para-hydroxylation sites is 2. The molecule has 0 radical (unpaired) electrons. The van der Waals surface area contributed by atoms with Crippen molar-refractivity contribution in [3.8, 4) is 11.5 Å². The Bertz CT molecular complexity index is 341. The molecule has 0 heterocycles. The van der Waals surface area contributed by atoms with Crippen LogP contribution in [0, 0.1) is 0 Å². The number of hydrogen-bond acceptors (Lipinski definition) is 4. The molecule has 0 aromatic heterocycles. The van der Waals surface area contributed by atoms with E-state index in [1.165, 1.54) is 0 Å². The maximum atomic E-state index is 10.2. The van der Waals surface area contributed by atoms with E-state index < -0.39 is 5.97 Å². The van der Waals surface area contributed by atoms with Gasteiger partial charge in [-0.25, -0.2) is 0 Å². The van der Waals surface area contributed by atoms with Crippen molar-refractivity contribution in [3.63, 3.8) is 0 Å². The molecule has 5 nitrogen and oxygen atoms in total. The Morgan fingerprint density at radius 3 is 2.69 bits per heavy atom. The average Bonchev–Trinajstić information content (AvgIpc) is 2.29. The van der Waals surface area contributed by atoms with Crippen LogP contribution in [0.25, 0.3) is 0 Å². The van der Waals surface area contributed by atoms with Crippen molar-refractivity contribution in [1.82, 2.24) is 5.32 Å². The summed E-state index contributed by atoms with van der Waals surface area (Å²) < 4.78 is 10.5. The third-order valence-corrected chi connectivity index (χ3v) is 1.88. The Morgan fingerprint density at radius 2 is 2.06 bits per heavy atom. The van der Waals surface area contributed by atoms with Gasteiger partial charge in [0, 0.05) is 6.54 Å². The summed E-state index contributed by atoms with van der Waals surface area (Å²) in [7, 11) is 1.57. The van der Waals surface area contributed by atoms with Gasteiger partial charge in [-0.3, -0.25) is 4.79 Å². The van der Waals surface area contributed by atoms with Crippen LogP contribution >= 0.6 is 0 Å². The van der Waals surface area contributed by atoms with Gasteiger partial charge in [0.05, 0.1) is 13.7 Å². The second-order valence-electron chi connectivity index (χ2n) is 3.07. The summed E-state index contributed by atoms with van der Waals surface area (Å²) in [5.74, 6) is 0.445. The maximum absolute atomic E-state index is 10.2. The number of carboxylic acids is 1. The molecule has 0 fully saturated rings. The number of ether oxygens (including phenoxy) is 2. The quantitative estimate of drug-likeness (QED) is 0.670. The van der Waals surface area contributed by atoms with Crippen LogP contribution in [0.5, 0.6) is 11.5 Å². The topological polar surface area (TPSA) is 67.8 Å². The van der Waals surface area contributed by atoms with Gasteiger partial charge in [-0.15, -0.1) is 0 Å². The van der Waals surface area contributed by atoms with E-state index in [1.54, 1.807) is 19.2 Å². The van der Waals surface area contributed by atoms with Crippen molar-refractivity contribution >= 4 is 5.97 Å². The summed E-state index contributed by atoms with van der Waals surface area (Å²) >= 11 is 0. The number of benzene rings is 1. The first-order valence-corrected chi connectivity index (χ1v) is 4.92. The first-order valence-electron chi connectivity index (χ1n) is 4.92. The highest BCUT2D eigenvalue weighted by molar-refractivity contribution is 5.68. The summed E-state index contributed by atoms with van der Waals surface area (Å²) in [6, 6.07) is 7.31. The lowest BCUT2D eigenvalue weighted by atomic mass is 10.3. The number of aliphatic carboxylic acids is 1. The fraction of sp³-hybridized carbons (Fsp3) is 0.364. The Hall–Kier alpha value is -1.75. The van der Waals surface area contributed by atoms with Gasteiger partial charge >= 0.3 is 5.97 Å². The van der Waals surface area contributed by atoms with Crippen molar-refractivity contribution in [1.29, 1.82) is 0 Å². The Kier molecular flexibility index (Phi) is 5.15. The van der Waals surface area contributed by atoms with Gasteiger partial charge in [0.15, 0.2) is 11.5 Å². The monoisotopic (exact) mass is 225 g/mol. The summed E-state index contributed by atoms with van der Waals surface area (Å²) in [5, 5.41) is 11.1. The molecule has 0 aliphatic heterocycles. The SMILES string of the molecule is COc1ccccc1OCCNCC(=O)O. The molecule has 0 bridgehead atoms. The number of carboxylic acid groups (broad SMARTS) is 1. The predicted octanol–water partition coefficient (Wildman–Crippen LogP) is 0.748. The Morgan fingerprint density at radius 1 is 1.38 bits per heavy atom. The first kappa shape index (κ1) is 12.3. The molecular weight excluding hydrogens is 210 g/mol. The molecule has 0 aliphatic carbocycles. The van der Waals surface area contributed by atoms with E-state index in [1.807, 2.05) is 12.1 Å². The van der Waals surface area contributed by atoms with E-state index in [0.29, 0.717) is 24.7 Å². The first-order chi connectivity index (χ1) is 7.74. The van der Waals surface area contributed by atoms with Crippen molar-refractivity contribution in [2.24, 2.45) is 0 Å². The molecule has 0 spiro atoms. The molecule has 0 saturated heterocycles. The van der Waals surface area contributed by atoms with Gasteiger partial charge < -0.3 is 19.9 Å². The summed E-state index contributed by atoms with van der Waals surface area (Å²) in [5.41, 5.74) is 0. The van der Waals surface area contributed by atoms with Crippen molar-refractivity contribution in [3.05, 3.63) is 24.3 Å². The second kappa shape index (κ2) is 6.68. The van der Waals surface area contributed by atoms with Crippen LogP contribution in [0.3, 0.4) is 0 Å². The molecule has 16 heavy (non-hydrogen) atoms. The predicted molar refractivity (Wildman–Crippen MR) is 59.0 cm³/mol. The van der Waals surface area contributed by atoms with Gasteiger partial charge in [0.2, 0.25) is 0 Å². The van der Waals surface area contributed by atoms with Crippen LogP contribution < -0.4 is 14.8 Å². The highest BCUT2D eigenvalue weighted by Crippen LogP contribution is 2.25. The number of methoxy groups -OCH3 is 1. The van der Waals surface area contributed by atoms with Gasteiger partial charge in [-0.1, -0.05) is 12.1 Å². The molecule has 0 aliphatic rings. The lowest BCUT2D eigenvalue weighted by Gasteiger charge is -2.10. The standard InChI is InChI=1S/C11H15NO4/c1-15-9-4-2-3-5-10(9)16-7-6-12-8-11(13)14/h2-5,12H,6-8H2,1H3,(H,13,14). The van der Waals surface area contributed by atoms with Gasteiger partial charge in [-0.2, -0.15) is 0 Å². The van der Waals surface area contributed by atoms with Crippen molar-refractivity contribution in [2.75, 3.05) is 26.8 Å². The summed E-state index contributed by atoms with van der Waals surface area (Å²) in [4.78, 5) is 10.2. The van der Waals surface area contributed by atoms with E-state index in [0.717, 1.165) is 0 Å². The van der Waals surface area contributed by atoms with Gasteiger partial charge in [-0.05, 0) is 12.1 Å². The van der Waals surface area contributed by atoms with Crippen LogP contribution in [0.15, 0.2) is 24.3 Å². The normalized spacial score (nSPS) is 9.81. The van der Waals surface area contributed by atoms with Gasteiger partial charge in [0.1, 0.15) is 6.61 Å². The van der Waals surface area contributed by atoms with E-state index in [-0.39, 0.29) is 6.54 Å². The minimum absolute atomic E-state index is 0.0602. The van der Waals surface area contributed by atoms with E-state index in [4.69, 9.17) is 14.6 Å². The highest BCUT2D eigenvalue weighted by atomic mass is 16.5. The third-order valence-electron chi connectivity index (χ3n) is 1.88. The number of hydrogen-bond donors (Lipinski definition) is 2. The van der Waals surface area contributed by atoms with Crippen LogP contribution in [-0.4, -0.2) is 37.9 Å². The lowest BCUT2D eigenvalue weighted by Crippen LogP contribution is -2.26. The Balaban J connectivity index is 2.28. The van der Waals surface area contributed by atoms with Crippen LogP contribution in [0.1, 0.15) is 0 Å². The molecule has 0 atom stereocenters. The number of nitrogens with one attached hydrogen (secondary N) is 1. The zero-order valence-electron chi connectivity index (χ0n) is 9.10. The zero-order chi connectivity index (χ0) is 11.8. The summed E-state index contributed by atoms with van der Waals surface area (Å²) in [6.45, 7) is 0.813. The van der Waals surface area contributed by atoms with Crippen molar-refractivity contribution in [2.45, 2.75) is 0 Å². The molecule has 0 amide bonds. The van der Waals surface area contributed by atoms with Crippen LogP contribution in [-0.2, 0) is 4.79 Å². The number of rotatable bonds is 7. The largest absolute Gasteiger partial charge is 0.493 e. The lowest BCUT2D eigenvalue weighted by molar-refractivity contribution is -0.135. The Labute approximate surface area is 94.0 Å². The molecule has 5 heteroatoms. The smallest absolute Gasteiger partial charge is 0.317 e. The molecule has 1 aromatic rings.